The van der Waals surface area contributed by atoms with Crippen LogP contribution in [0, 0.1) is 10.1 Å². The maximum Gasteiger partial charge on any atom is 0.310 e. The lowest BCUT2D eigenvalue weighted by Gasteiger charge is -2.20. The third-order valence-corrected chi connectivity index (χ3v) is 3.66. The van der Waals surface area contributed by atoms with Gasteiger partial charge in [-0.25, -0.2) is 0 Å². The number of para-hydroxylation sites is 1. The smallest absolute Gasteiger partial charge is 0.310 e. The van der Waals surface area contributed by atoms with Gasteiger partial charge in [0, 0.05) is 23.7 Å². The van der Waals surface area contributed by atoms with Crippen molar-refractivity contribution in [3.63, 3.8) is 0 Å². The third-order valence-electron chi connectivity index (χ3n) is 3.66. The van der Waals surface area contributed by atoms with Crippen LogP contribution in [-0.4, -0.2) is 34.0 Å². The minimum Gasteiger partial charge on any atom is -0.502 e. The van der Waals surface area contributed by atoms with Crippen LogP contribution in [0.3, 0.4) is 0 Å². The van der Waals surface area contributed by atoms with E-state index in [1.807, 2.05) is 24.3 Å². The molecule has 0 spiro atoms. The number of nitrogens with zero attached hydrogens (tertiary/aromatic N) is 2. The van der Waals surface area contributed by atoms with Crippen LogP contribution in [0.15, 0.2) is 42.5 Å². The first kappa shape index (κ1) is 14.8. The molecule has 0 saturated carbocycles. The molecule has 1 aliphatic rings. The molecule has 1 heterocycles. The molecule has 2 aromatic carbocycles. The Kier molecular flexibility index (Phi) is 3.84. The monoisotopic (exact) mass is 314 g/mol. The van der Waals surface area contributed by atoms with E-state index in [4.69, 9.17) is 4.74 Å². The fourth-order valence-electron chi connectivity index (χ4n) is 2.49. The summed E-state index contributed by atoms with van der Waals surface area (Å²) in [5.74, 6) is -0.0860. The van der Waals surface area contributed by atoms with E-state index in [2.05, 4.69) is 0 Å². The molecule has 23 heavy (non-hydrogen) atoms. The highest BCUT2D eigenvalue weighted by atomic mass is 16.6. The minimum atomic E-state index is -0.695. The van der Waals surface area contributed by atoms with Gasteiger partial charge in [-0.1, -0.05) is 18.2 Å². The van der Waals surface area contributed by atoms with E-state index < -0.39 is 16.4 Å². The Morgan fingerprint density at radius 3 is 2.78 bits per heavy atom. The number of ether oxygens (including phenoxy) is 1. The fourth-order valence-corrected chi connectivity index (χ4v) is 2.49. The van der Waals surface area contributed by atoms with E-state index in [0.29, 0.717) is 19.7 Å². The fraction of sp³-hybridized carbons (Fsp3) is 0.188. The molecule has 7 nitrogen and oxygen atoms in total. The number of carbonyl (C=O) groups is 1. The van der Waals surface area contributed by atoms with Crippen molar-refractivity contribution in [2.24, 2.45) is 0 Å². The topological polar surface area (TPSA) is 92.9 Å². The van der Waals surface area contributed by atoms with E-state index in [-0.39, 0.29) is 11.5 Å². The van der Waals surface area contributed by atoms with Gasteiger partial charge in [0.1, 0.15) is 12.4 Å². The van der Waals surface area contributed by atoms with E-state index in [9.17, 15) is 20.0 Å². The number of nitro benzene ring substituents is 1. The second-order valence-electron chi connectivity index (χ2n) is 5.14. The molecule has 0 atom stereocenters. The number of aromatic hydroxyl groups is 1. The Morgan fingerprint density at radius 2 is 2.04 bits per heavy atom. The molecule has 0 unspecified atom stereocenters. The van der Waals surface area contributed by atoms with Gasteiger partial charge in [0.2, 0.25) is 0 Å². The molecular formula is C16H14N2O5. The van der Waals surface area contributed by atoms with Gasteiger partial charge in [-0.05, 0) is 18.2 Å². The largest absolute Gasteiger partial charge is 0.502 e. The lowest BCUT2D eigenvalue weighted by Crippen LogP contribution is -2.32. The molecule has 3 rings (SSSR count). The molecule has 0 aliphatic carbocycles. The molecular weight excluding hydrogens is 300 g/mol. The average molecular weight is 314 g/mol. The van der Waals surface area contributed by atoms with Crippen molar-refractivity contribution >= 4 is 11.6 Å². The second kappa shape index (κ2) is 5.96. The standard InChI is InChI=1S/C16H14N2O5/c19-14-9-11(5-6-13(14)18(21)22)16(20)17-7-8-23-15-4-2-1-3-12(15)10-17/h1-6,9,19H,7-8,10H2. The predicted octanol–water partition coefficient (Wildman–Crippen LogP) is 2.34. The normalized spacial score (nSPS) is 13.7. The lowest BCUT2D eigenvalue weighted by molar-refractivity contribution is -0.385. The van der Waals surface area contributed by atoms with Crippen LogP contribution in [0.4, 0.5) is 5.69 Å². The van der Waals surface area contributed by atoms with Crippen LogP contribution in [0.5, 0.6) is 11.5 Å². The van der Waals surface area contributed by atoms with Crippen LogP contribution in [-0.2, 0) is 6.54 Å². The van der Waals surface area contributed by atoms with E-state index >= 15 is 0 Å². The van der Waals surface area contributed by atoms with Gasteiger partial charge in [0.25, 0.3) is 5.91 Å². The Hall–Kier alpha value is -3.09. The molecule has 118 valence electrons. The number of nitro groups is 1. The van der Waals surface area contributed by atoms with Crippen LogP contribution in [0.25, 0.3) is 0 Å². The minimum absolute atomic E-state index is 0.201. The number of carbonyl (C=O) groups excluding carboxylic acids is 1. The molecule has 1 N–H and O–H groups in total. The summed E-state index contributed by atoms with van der Waals surface area (Å²) in [6.45, 7) is 1.14. The number of hydrogen-bond donors (Lipinski definition) is 1. The summed E-state index contributed by atoms with van der Waals surface area (Å²) in [6.07, 6.45) is 0. The van der Waals surface area contributed by atoms with Crippen molar-refractivity contribution in [3.8, 4) is 11.5 Å². The first-order valence-corrected chi connectivity index (χ1v) is 7.03. The maximum atomic E-state index is 12.6. The highest BCUT2D eigenvalue weighted by Gasteiger charge is 2.23. The van der Waals surface area contributed by atoms with Crippen molar-refractivity contribution in [2.45, 2.75) is 6.54 Å². The van der Waals surface area contributed by atoms with Gasteiger partial charge < -0.3 is 14.7 Å². The Labute approximate surface area is 131 Å². The molecule has 0 radical (unpaired) electrons. The van der Waals surface area contributed by atoms with E-state index in [1.165, 1.54) is 6.07 Å². The quantitative estimate of drug-likeness (QED) is 0.678. The lowest BCUT2D eigenvalue weighted by atomic mass is 10.1. The van der Waals surface area contributed by atoms with Gasteiger partial charge in [0.15, 0.2) is 5.75 Å². The third kappa shape index (κ3) is 2.94. The summed E-state index contributed by atoms with van der Waals surface area (Å²) in [7, 11) is 0. The number of phenols is 1. The SMILES string of the molecule is O=C(c1ccc([N+](=O)[O-])c(O)c1)N1CCOc2ccccc2C1. The zero-order valence-electron chi connectivity index (χ0n) is 12.1. The second-order valence-corrected chi connectivity index (χ2v) is 5.14. The number of hydrogen-bond acceptors (Lipinski definition) is 5. The van der Waals surface area contributed by atoms with Crippen molar-refractivity contribution in [1.82, 2.24) is 4.90 Å². The van der Waals surface area contributed by atoms with Crippen LogP contribution < -0.4 is 4.74 Å². The predicted molar refractivity (Wildman–Crippen MR) is 81.4 cm³/mol. The summed E-state index contributed by atoms with van der Waals surface area (Å²) >= 11 is 0. The van der Waals surface area contributed by atoms with Crippen molar-refractivity contribution in [3.05, 3.63) is 63.7 Å². The molecule has 0 saturated heterocycles. The van der Waals surface area contributed by atoms with Crippen molar-refractivity contribution in [1.29, 1.82) is 0 Å². The van der Waals surface area contributed by atoms with E-state index in [1.54, 1.807) is 4.90 Å². The number of fused-ring (bicyclic) bond motifs is 1. The Morgan fingerprint density at radius 1 is 1.26 bits per heavy atom. The molecule has 0 bridgehead atoms. The Bertz CT molecular complexity index is 775. The van der Waals surface area contributed by atoms with Crippen LogP contribution >= 0.6 is 0 Å². The number of benzene rings is 2. The molecule has 0 aromatic heterocycles. The van der Waals surface area contributed by atoms with Gasteiger partial charge in [0.05, 0.1) is 11.5 Å². The van der Waals surface area contributed by atoms with Gasteiger partial charge >= 0.3 is 5.69 Å². The number of phenolic OH excluding ortho intramolecular Hbond substituents is 1. The van der Waals surface area contributed by atoms with Crippen molar-refractivity contribution in [2.75, 3.05) is 13.2 Å². The van der Waals surface area contributed by atoms with Crippen LogP contribution in [0.1, 0.15) is 15.9 Å². The number of amides is 1. The first-order chi connectivity index (χ1) is 11.1. The van der Waals surface area contributed by atoms with E-state index in [0.717, 1.165) is 23.4 Å². The molecule has 2 aromatic rings. The summed E-state index contributed by atoms with van der Waals surface area (Å²) in [5.41, 5.74) is 0.670. The molecule has 0 fully saturated rings. The molecule has 1 amide bonds. The highest BCUT2D eigenvalue weighted by molar-refractivity contribution is 5.95. The summed E-state index contributed by atoms with van der Waals surface area (Å²) in [5, 5.41) is 20.4. The Balaban J connectivity index is 1.86. The zero-order valence-corrected chi connectivity index (χ0v) is 12.1. The maximum absolute atomic E-state index is 12.6. The number of rotatable bonds is 2. The first-order valence-electron chi connectivity index (χ1n) is 7.03. The summed E-state index contributed by atoms with van der Waals surface area (Å²) < 4.78 is 5.61. The highest BCUT2D eigenvalue weighted by Crippen LogP contribution is 2.28. The van der Waals surface area contributed by atoms with Gasteiger partial charge in [-0.3, -0.25) is 14.9 Å². The van der Waals surface area contributed by atoms with Crippen molar-refractivity contribution < 1.29 is 19.6 Å². The molecule has 7 heteroatoms. The van der Waals surface area contributed by atoms with Gasteiger partial charge in [-0.2, -0.15) is 0 Å². The summed E-state index contributed by atoms with van der Waals surface area (Å²) in [6, 6.07) is 11.1. The summed E-state index contributed by atoms with van der Waals surface area (Å²) in [4.78, 5) is 24.2. The zero-order chi connectivity index (χ0) is 16.4. The average Bonchev–Trinajstić information content (AvgIpc) is 2.76. The van der Waals surface area contributed by atoms with Gasteiger partial charge in [-0.15, -0.1) is 0 Å². The molecule has 1 aliphatic heterocycles. The van der Waals surface area contributed by atoms with Crippen LogP contribution in [0.2, 0.25) is 0 Å².